The molecule has 19 heavy (non-hydrogen) atoms. The maximum absolute atomic E-state index is 12.5. The third kappa shape index (κ3) is 2.19. The Kier molecular flexibility index (Phi) is 3.16. The predicted molar refractivity (Wildman–Crippen MR) is 71.0 cm³/mol. The van der Waals surface area contributed by atoms with Crippen LogP contribution < -0.4 is 5.32 Å². The van der Waals surface area contributed by atoms with Crippen molar-refractivity contribution in [3.05, 3.63) is 30.2 Å². The van der Waals surface area contributed by atoms with Crippen molar-refractivity contribution in [2.24, 2.45) is 0 Å². The summed E-state index contributed by atoms with van der Waals surface area (Å²) in [5.41, 5.74) is 1.21. The molecule has 1 fully saturated rings. The molecule has 0 aromatic carbocycles. The molecule has 6 nitrogen and oxygen atoms in total. The fraction of sp³-hybridized carbons (Fsp3) is 0.462. The van der Waals surface area contributed by atoms with Gasteiger partial charge in [0.2, 0.25) is 0 Å². The van der Waals surface area contributed by atoms with Gasteiger partial charge in [-0.15, -0.1) is 0 Å². The number of amides is 1. The molecule has 2 aromatic heterocycles. The van der Waals surface area contributed by atoms with E-state index in [1.807, 2.05) is 11.9 Å². The Labute approximate surface area is 111 Å². The standard InChI is InChI=1S/C13H17N5O/c1-14-10-4-2-6-17(9-10)13(19)11-8-16-18-7-3-5-15-12(11)18/h3,5,7-8,10,14H,2,4,6,9H2,1H3. The molecule has 1 unspecified atom stereocenters. The lowest BCUT2D eigenvalue weighted by atomic mass is 10.1. The van der Waals surface area contributed by atoms with E-state index in [2.05, 4.69) is 15.4 Å². The van der Waals surface area contributed by atoms with Gasteiger partial charge in [-0.25, -0.2) is 9.50 Å². The number of rotatable bonds is 2. The van der Waals surface area contributed by atoms with E-state index in [9.17, 15) is 4.79 Å². The second-order valence-corrected chi connectivity index (χ2v) is 4.83. The molecule has 0 saturated carbocycles. The number of nitrogens with one attached hydrogen (secondary N) is 1. The molecule has 0 spiro atoms. The van der Waals surface area contributed by atoms with Crippen LogP contribution in [0.15, 0.2) is 24.7 Å². The summed E-state index contributed by atoms with van der Waals surface area (Å²) in [7, 11) is 1.94. The van der Waals surface area contributed by atoms with Crippen LogP contribution in [0.25, 0.3) is 5.65 Å². The zero-order chi connectivity index (χ0) is 13.2. The Bertz CT molecular complexity index is 593. The number of hydrogen-bond donors (Lipinski definition) is 1. The highest BCUT2D eigenvalue weighted by molar-refractivity contribution is 5.99. The number of carbonyl (C=O) groups is 1. The first-order chi connectivity index (χ1) is 9.29. The van der Waals surface area contributed by atoms with Crippen molar-refractivity contribution >= 4 is 11.6 Å². The van der Waals surface area contributed by atoms with Gasteiger partial charge in [-0.05, 0) is 26.0 Å². The minimum atomic E-state index is 0.0219. The summed E-state index contributed by atoms with van der Waals surface area (Å²) in [5, 5.41) is 7.41. The van der Waals surface area contributed by atoms with Crippen LogP contribution in [0.3, 0.4) is 0 Å². The number of carbonyl (C=O) groups excluding carboxylic acids is 1. The van der Waals surface area contributed by atoms with Crippen LogP contribution >= 0.6 is 0 Å². The Morgan fingerprint density at radius 3 is 3.26 bits per heavy atom. The van der Waals surface area contributed by atoms with Gasteiger partial charge in [0.25, 0.3) is 5.91 Å². The molecule has 0 bridgehead atoms. The molecule has 3 rings (SSSR count). The van der Waals surface area contributed by atoms with E-state index in [4.69, 9.17) is 0 Å². The maximum Gasteiger partial charge on any atom is 0.259 e. The van der Waals surface area contributed by atoms with Gasteiger partial charge in [-0.2, -0.15) is 5.10 Å². The van der Waals surface area contributed by atoms with Crippen molar-refractivity contribution in [2.75, 3.05) is 20.1 Å². The number of likely N-dealkylation sites (N-methyl/N-ethyl adjacent to an activating group) is 1. The summed E-state index contributed by atoms with van der Waals surface area (Å²) in [5.74, 6) is 0.0219. The third-order valence-corrected chi connectivity index (χ3v) is 3.63. The minimum Gasteiger partial charge on any atom is -0.337 e. The van der Waals surface area contributed by atoms with Crippen LogP contribution in [0.5, 0.6) is 0 Å². The van der Waals surface area contributed by atoms with Crippen LogP contribution in [-0.4, -0.2) is 51.6 Å². The van der Waals surface area contributed by atoms with Crippen LogP contribution in [0, 0.1) is 0 Å². The molecule has 1 aliphatic rings. The molecule has 2 aromatic rings. The molecule has 1 aliphatic heterocycles. The van der Waals surface area contributed by atoms with Gasteiger partial charge in [-0.3, -0.25) is 4.79 Å². The van der Waals surface area contributed by atoms with Crippen LogP contribution in [0.4, 0.5) is 0 Å². The van der Waals surface area contributed by atoms with Gasteiger partial charge in [0.15, 0.2) is 5.65 Å². The highest BCUT2D eigenvalue weighted by Gasteiger charge is 2.25. The van der Waals surface area contributed by atoms with Gasteiger partial charge in [0.05, 0.1) is 6.20 Å². The normalized spacial score (nSPS) is 19.8. The largest absolute Gasteiger partial charge is 0.337 e. The molecule has 1 N–H and O–H groups in total. The van der Waals surface area contributed by atoms with Gasteiger partial charge in [-0.1, -0.05) is 0 Å². The molecule has 0 aliphatic carbocycles. The summed E-state index contributed by atoms with van der Waals surface area (Å²) < 4.78 is 1.63. The summed E-state index contributed by atoms with van der Waals surface area (Å²) >= 11 is 0. The molecule has 1 saturated heterocycles. The quantitative estimate of drug-likeness (QED) is 0.855. The van der Waals surface area contributed by atoms with E-state index in [0.29, 0.717) is 17.3 Å². The Morgan fingerprint density at radius 2 is 2.42 bits per heavy atom. The van der Waals surface area contributed by atoms with Crippen molar-refractivity contribution in [2.45, 2.75) is 18.9 Å². The van der Waals surface area contributed by atoms with Crippen LogP contribution in [0.1, 0.15) is 23.2 Å². The lowest BCUT2D eigenvalue weighted by Gasteiger charge is -2.32. The average Bonchev–Trinajstić information content (AvgIpc) is 2.90. The molecular weight excluding hydrogens is 242 g/mol. The van der Waals surface area contributed by atoms with E-state index in [-0.39, 0.29) is 5.91 Å². The zero-order valence-corrected chi connectivity index (χ0v) is 10.9. The van der Waals surface area contributed by atoms with Gasteiger partial charge in [0.1, 0.15) is 5.56 Å². The first-order valence-electron chi connectivity index (χ1n) is 6.54. The van der Waals surface area contributed by atoms with Gasteiger partial charge < -0.3 is 10.2 Å². The summed E-state index contributed by atoms with van der Waals surface area (Å²) in [6.07, 6.45) is 7.23. The number of likely N-dealkylation sites (tertiary alicyclic amines) is 1. The molecule has 0 radical (unpaired) electrons. The smallest absolute Gasteiger partial charge is 0.259 e. The van der Waals surface area contributed by atoms with Crippen molar-refractivity contribution in [3.8, 4) is 0 Å². The average molecular weight is 259 g/mol. The number of nitrogens with zero attached hydrogens (tertiary/aromatic N) is 4. The fourth-order valence-electron chi connectivity index (χ4n) is 2.55. The molecule has 100 valence electrons. The van der Waals surface area contributed by atoms with E-state index < -0.39 is 0 Å². The lowest BCUT2D eigenvalue weighted by Crippen LogP contribution is -2.46. The second kappa shape index (κ2) is 4.97. The van der Waals surface area contributed by atoms with Crippen molar-refractivity contribution in [3.63, 3.8) is 0 Å². The maximum atomic E-state index is 12.5. The predicted octanol–water partition coefficient (Wildman–Crippen LogP) is 0.553. The van der Waals surface area contributed by atoms with Crippen molar-refractivity contribution < 1.29 is 4.79 Å². The highest BCUT2D eigenvalue weighted by atomic mass is 16.2. The lowest BCUT2D eigenvalue weighted by molar-refractivity contribution is 0.0700. The Hall–Kier alpha value is -1.95. The summed E-state index contributed by atoms with van der Waals surface area (Å²) in [4.78, 5) is 18.7. The van der Waals surface area contributed by atoms with E-state index in [0.717, 1.165) is 25.9 Å². The Balaban J connectivity index is 1.87. The second-order valence-electron chi connectivity index (χ2n) is 4.83. The monoisotopic (exact) mass is 259 g/mol. The van der Waals surface area contributed by atoms with Gasteiger partial charge >= 0.3 is 0 Å². The van der Waals surface area contributed by atoms with Crippen molar-refractivity contribution in [1.82, 2.24) is 24.8 Å². The van der Waals surface area contributed by atoms with Gasteiger partial charge in [0, 0.05) is 31.5 Å². The van der Waals surface area contributed by atoms with Crippen LogP contribution in [-0.2, 0) is 0 Å². The van der Waals surface area contributed by atoms with E-state index in [1.54, 1.807) is 29.2 Å². The summed E-state index contributed by atoms with van der Waals surface area (Å²) in [6, 6.07) is 2.18. The summed E-state index contributed by atoms with van der Waals surface area (Å²) in [6.45, 7) is 1.56. The van der Waals surface area contributed by atoms with E-state index >= 15 is 0 Å². The molecular formula is C13H17N5O. The number of hydrogen-bond acceptors (Lipinski definition) is 4. The number of aromatic nitrogens is 3. The number of piperidine rings is 1. The fourth-order valence-corrected chi connectivity index (χ4v) is 2.55. The molecule has 1 amide bonds. The molecule has 3 heterocycles. The molecule has 6 heteroatoms. The Morgan fingerprint density at radius 1 is 1.53 bits per heavy atom. The topological polar surface area (TPSA) is 62.5 Å². The first-order valence-corrected chi connectivity index (χ1v) is 6.54. The SMILES string of the molecule is CNC1CCCN(C(=O)c2cnn3cccnc23)C1. The zero-order valence-electron chi connectivity index (χ0n) is 10.9. The van der Waals surface area contributed by atoms with Crippen molar-refractivity contribution in [1.29, 1.82) is 0 Å². The highest BCUT2D eigenvalue weighted by Crippen LogP contribution is 2.15. The molecule has 1 atom stereocenters. The number of fused-ring (bicyclic) bond motifs is 1. The third-order valence-electron chi connectivity index (χ3n) is 3.63. The minimum absolute atomic E-state index is 0.0219. The van der Waals surface area contributed by atoms with E-state index in [1.165, 1.54) is 0 Å². The first kappa shape index (κ1) is 12.1. The van der Waals surface area contributed by atoms with Crippen LogP contribution in [0.2, 0.25) is 0 Å².